The molecule has 2 unspecified atom stereocenters. The highest BCUT2D eigenvalue weighted by Crippen LogP contribution is 2.64. The largest absolute Gasteiger partial charge is 0.481 e. The van der Waals surface area contributed by atoms with Gasteiger partial charge in [0.25, 0.3) is 0 Å². The third-order valence-corrected chi connectivity index (χ3v) is 8.13. The molecule has 2 aliphatic heterocycles. The number of ether oxygens (including phenoxy) is 3. The lowest BCUT2D eigenvalue weighted by Gasteiger charge is -2.61. The monoisotopic (exact) mass is 503 g/mol. The fourth-order valence-corrected chi connectivity index (χ4v) is 6.37. The van der Waals surface area contributed by atoms with Crippen molar-refractivity contribution in [2.45, 2.75) is 74.6 Å². The van der Waals surface area contributed by atoms with Crippen LogP contribution in [0.3, 0.4) is 0 Å². The average molecular weight is 504 g/mol. The molecule has 0 radical (unpaired) electrons. The first-order valence-corrected chi connectivity index (χ1v) is 11.9. The molecule has 2 bridgehead atoms. The number of esters is 2. The molecule has 5 rings (SSSR count). The number of benzene rings is 1. The fraction of sp³-hybridized carbons (Fsp3) is 0.560. The Bertz CT molecular complexity index is 1160. The second kappa shape index (κ2) is 8.55. The normalized spacial score (nSPS) is 31.4. The molecule has 0 saturated carbocycles. The van der Waals surface area contributed by atoms with Crippen LogP contribution in [0.15, 0.2) is 24.0 Å². The van der Waals surface area contributed by atoms with Gasteiger partial charge in [-0.1, -0.05) is 12.1 Å². The van der Waals surface area contributed by atoms with Crippen molar-refractivity contribution in [1.29, 1.82) is 0 Å². The lowest BCUT2D eigenvalue weighted by molar-refractivity contribution is -0.176. The lowest BCUT2D eigenvalue weighted by Crippen LogP contribution is -2.74. The number of hydrogen-bond donors (Lipinski definition) is 4. The summed E-state index contributed by atoms with van der Waals surface area (Å²) in [6.45, 7) is 1.72. The summed E-state index contributed by atoms with van der Waals surface area (Å²) in [7, 11) is 1.98. The summed E-state index contributed by atoms with van der Waals surface area (Å²) in [5.41, 5.74) is 0.404. The number of nitrogens with zero attached hydrogens (tertiary/aromatic N) is 1. The smallest absolute Gasteiger partial charge is 0.352 e. The van der Waals surface area contributed by atoms with Gasteiger partial charge in [0, 0.05) is 23.6 Å². The van der Waals surface area contributed by atoms with Crippen LogP contribution < -0.4 is 4.74 Å². The highest BCUT2D eigenvalue weighted by molar-refractivity contribution is 5.83. The molecule has 1 spiro atoms. The van der Waals surface area contributed by atoms with Crippen LogP contribution in [0.4, 0.5) is 0 Å². The number of likely N-dealkylation sites (N-methyl/N-ethyl adjacent to an activating group) is 1. The minimum atomic E-state index is -1.94. The molecule has 4 N–H and O–H groups in total. The minimum absolute atomic E-state index is 0.176. The van der Waals surface area contributed by atoms with Gasteiger partial charge in [-0.05, 0) is 45.0 Å². The molecule has 2 heterocycles. The number of carbonyl (C=O) groups is 3. The molecule has 36 heavy (non-hydrogen) atoms. The van der Waals surface area contributed by atoms with Crippen molar-refractivity contribution in [3.8, 4) is 5.75 Å². The van der Waals surface area contributed by atoms with Crippen LogP contribution in [-0.2, 0) is 42.3 Å². The number of aliphatic hydroxyl groups is 3. The first-order valence-electron chi connectivity index (χ1n) is 11.9. The standard InChI is InChI=1S/C25H29NO10/c1-12(34-18(29)10-15(28)22(30)31)23(32)35-16-5-6-25(33)17-9-13-3-4-14(11-27)20-19(13)24(25,21(16)36-20)7-8-26(17)2/h3-5,12,15,17,21,27-28,33H,6-11H2,1-2H3,(H,30,31)/t12-,15-,17+,21?,24?,25+/m0/s1. The topological polar surface area (TPSA) is 163 Å². The molecular weight excluding hydrogens is 474 g/mol. The number of rotatable bonds is 7. The number of carboxylic acids is 1. The summed E-state index contributed by atoms with van der Waals surface area (Å²) in [6.07, 6.45) is -1.94. The Morgan fingerprint density at radius 3 is 2.75 bits per heavy atom. The quantitative estimate of drug-likeness (QED) is 0.363. The van der Waals surface area contributed by atoms with Gasteiger partial charge in [-0.2, -0.15) is 0 Å². The third-order valence-electron chi connectivity index (χ3n) is 8.13. The Morgan fingerprint density at radius 1 is 1.31 bits per heavy atom. The van der Waals surface area contributed by atoms with E-state index in [1.807, 2.05) is 19.2 Å². The van der Waals surface area contributed by atoms with E-state index in [2.05, 4.69) is 4.90 Å². The lowest BCUT2D eigenvalue weighted by atomic mass is 9.50. The van der Waals surface area contributed by atoms with E-state index in [0.29, 0.717) is 30.7 Å². The Labute approximate surface area is 206 Å². The predicted molar refractivity (Wildman–Crippen MR) is 121 cm³/mol. The van der Waals surface area contributed by atoms with Gasteiger partial charge < -0.3 is 39.5 Å². The predicted octanol–water partition coefficient (Wildman–Crippen LogP) is -0.233. The van der Waals surface area contributed by atoms with Crippen LogP contribution in [0, 0.1) is 0 Å². The van der Waals surface area contributed by atoms with Gasteiger partial charge in [0.2, 0.25) is 0 Å². The van der Waals surface area contributed by atoms with Crippen LogP contribution in [0.2, 0.25) is 0 Å². The van der Waals surface area contributed by atoms with Gasteiger partial charge in [0.1, 0.15) is 11.5 Å². The fourth-order valence-electron chi connectivity index (χ4n) is 6.37. The summed E-state index contributed by atoms with van der Waals surface area (Å²) in [5, 5.41) is 40.2. The van der Waals surface area contributed by atoms with E-state index in [9.17, 15) is 29.7 Å². The van der Waals surface area contributed by atoms with Gasteiger partial charge in [-0.25, -0.2) is 9.59 Å². The van der Waals surface area contributed by atoms with Gasteiger partial charge >= 0.3 is 17.9 Å². The zero-order valence-corrected chi connectivity index (χ0v) is 20.0. The first kappa shape index (κ1) is 24.7. The van der Waals surface area contributed by atoms with Crippen LogP contribution in [0.1, 0.15) is 42.9 Å². The number of piperidine rings is 1. The molecule has 11 heteroatoms. The summed E-state index contributed by atoms with van der Waals surface area (Å²) in [6, 6.07) is 3.59. The summed E-state index contributed by atoms with van der Waals surface area (Å²) in [5.74, 6) is -2.85. The maximum Gasteiger partial charge on any atom is 0.352 e. The maximum absolute atomic E-state index is 12.8. The van der Waals surface area contributed by atoms with Gasteiger partial charge in [-0.3, -0.25) is 4.79 Å². The molecule has 1 saturated heterocycles. The number of likely N-dealkylation sites (tertiary alicyclic amines) is 1. The van der Waals surface area contributed by atoms with E-state index in [0.717, 1.165) is 11.1 Å². The Morgan fingerprint density at radius 2 is 2.06 bits per heavy atom. The SMILES string of the molecule is C[C@H](OC(=O)C[C@H](O)C(=O)O)C(=O)OC1=CC[C@@]2(O)[C@H]3Cc4ccc(CO)c5c4C2(CCN3C)C1O5. The molecule has 6 atom stereocenters. The summed E-state index contributed by atoms with van der Waals surface area (Å²) in [4.78, 5) is 37.6. The van der Waals surface area contributed by atoms with E-state index in [-0.39, 0.29) is 24.8 Å². The molecule has 4 aliphatic rings. The van der Waals surface area contributed by atoms with Crippen molar-refractivity contribution in [2.24, 2.45) is 0 Å². The van der Waals surface area contributed by atoms with E-state index in [1.165, 1.54) is 6.92 Å². The molecule has 2 aliphatic carbocycles. The molecular formula is C25H29NO10. The maximum atomic E-state index is 12.8. The number of aliphatic carboxylic acids is 1. The molecule has 11 nitrogen and oxygen atoms in total. The summed E-state index contributed by atoms with van der Waals surface area (Å²) < 4.78 is 17.0. The van der Waals surface area contributed by atoms with Gasteiger partial charge in [0.15, 0.2) is 18.3 Å². The second-order valence-electron chi connectivity index (χ2n) is 10.0. The minimum Gasteiger partial charge on any atom is -0.481 e. The van der Waals surface area contributed by atoms with Crippen molar-refractivity contribution in [2.75, 3.05) is 13.6 Å². The molecule has 0 amide bonds. The van der Waals surface area contributed by atoms with Crippen LogP contribution in [0.25, 0.3) is 0 Å². The van der Waals surface area contributed by atoms with Crippen molar-refractivity contribution in [3.63, 3.8) is 0 Å². The van der Waals surface area contributed by atoms with Crippen molar-refractivity contribution >= 4 is 17.9 Å². The first-order chi connectivity index (χ1) is 17.0. The highest BCUT2D eigenvalue weighted by Gasteiger charge is 2.71. The number of carboxylic acid groups (broad SMARTS) is 1. The van der Waals surface area contributed by atoms with Gasteiger partial charge in [-0.15, -0.1) is 0 Å². The summed E-state index contributed by atoms with van der Waals surface area (Å²) >= 11 is 0. The molecule has 1 fully saturated rings. The Balaban J connectivity index is 1.44. The van der Waals surface area contributed by atoms with Crippen LogP contribution in [0.5, 0.6) is 5.75 Å². The number of aliphatic hydroxyl groups excluding tert-OH is 2. The molecule has 0 aromatic heterocycles. The third kappa shape index (κ3) is 3.37. The molecule has 1 aromatic carbocycles. The number of carbonyl (C=O) groups excluding carboxylic acids is 2. The molecule has 194 valence electrons. The Kier molecular flexibility index (Phi) is 5.86. The van der Waals surface area contributed by atoms with E-state index in [1.54, 1.807) is 6.08 Å². The number of hydrogen-bond acceptors (Lipinski definition) is 10. The van der Waals surface area contributed by atoms with Crippen molar-refractivity contribution in [1.82, 2.24) is 4.90 Å². The zero-order chi connectivity index (χ0) is 26.0. The van der Waals surface area contributed by atoms with Crippen molar-refractivity contribution < 1.29 is 49.0 Å². The van der Waals surface area contributed by atoms with E-state index in [4.69, 9.17) is 19.3 Å². The van der Waals surface area contributed by atoms with Crippen molar-refractivity contribution in [3.05, 3.63) is 40.7 Å². The van der Waals surface area contributed by atoms with E-state index < -0.39 is 53.7 Å². The van der Waals surface area contributed by atoms with Crippen LogP contribution >= 0.6 is 0 Å². The average Bonchev–Trinajstić information content (AvgIpc) is 3.18. The molecule has 1 aromatic rings. The van der Waals surface area contributed by atoms with Crippen LogP contribution in [-0.4, -0.2) is 86.8 Å². The zero-order valence-electron chi connectivity index (χ0n) is 20.0. The highest BCUT2D eigenvalue weighted by atomic mass is 16.6. The van der Waals surface area contributed by atoms with Gasteiger partial charge in [0.05, 0.1) is 24.0 Å². The second-order valence-corrected chi connectivity index (χ2v) is 10.0. The Hall–Kier alpha value is -2.99. The van der Waals surface area contributed by atoms with E-state index >= 15 is 0 Å².